The number of aromatic nitrogens is 2. The van der Waals surface area contributed by atoms with Crippen molar-refractivity contribution in [3.05, 3.63) is 68.7 Å². The molecule has 0 unspecified atom stereocenters. The summed E-state index contributed by atoms with van der Waals surface area (Å²) in [6.07, 6.45) is -4.30. The van der Waals surface area contributed by atoms with Gasteiger partial charge in [0, 0.05) is 17.8 Å². The van der Waals surface area contributed by atoms with E-state index in [4.69, 9.17) is 9.84 Å². The summed E-state index contributed by atoms with van der Waals surface area (Å²) in [5, 5.41) is 29.0. The number of hydrogen-bond donors (Lipinski definition) is 3. The molecule has 10 heteroatoms. The maximum atomic E-state index is 13.0. The van der Waals surface area contributed by atoms with Gasteiger partial charge < -0.3 is 20.1 Å². The monoisotopic (exact) mass is 380 g/mol. The Morgan fingerprint density at radius 3 is 2.37 bits per heavy atom. The SMILES string of the molecule is O=C(Cn1c(=O)ccn([C@@H]2O[C@H](CO)[C@@H](O)[C@H]2O)c1=O)c1ccc(F)cc1. The van der Waals surface area contributed by atoms with Crippen LogP contribution in [0.1, 0.15) is 16.6 Å². The Kier molecular flexibility index (Phi) is 5.33. The first-order chi connectivity index (χ1) is 12.8. The molecule has 1 aromatic carbocycles. The summed E-state index contributed by atoms with van der Waals surface area (Å²) in [6, 6.07) is 5.64. The quantitative estimate of drug-likeness (QED) is 0.546. The molecule has 1 fully saturated rings. The maximum absolute atomic E-state index is 13.0. The lowest BCUT2D eigenvalue weighted by Gasteiger charge is -2.18. The van der Waals surface area contributed by atoms with Crippen LogP contribution in [0.4, 0.5) is 4.39 Å². The van der Waals surface area contributed by atoms with Crippen LogP contribution < -0.4 is 11.2 Å². The summed E-state index contributed by atoms with van der Waals surface area (Å²) in [5.41, 5.74) is -1.57. The van der Waals surface area contributed by atoms with E-state index in [2.05, 4.69) is 0 Å². The average Bonchev–Trinajstić information content (AvgIpc) is 2.94. The van der Waals surface area contributed by atoms with Gasteiger partial charge in [-0.05, 0) is 24.3 Å². The van der Waals surface area contributed by atoms with Crippen LogP contribution in [-0.2, 0) is 11.3 Å². The molecule has 0 bridgehead atoms. The topological polar surface area (TPSA) is 131 Å². The minimum absolute atomic E-state index is 0.117. The summed E-state index contributed by atoms with van der Waals surface area (Å²) < 4.78 is 19.7. The zero-order valence-electron chi connectivity index (χ0n) is 13.9. The highest BCUT2D eigenvalue weighted by Gasteiger charge is 2.43. The van der Waals surface area contributed by atoms with Gasteiger partial charge in [-0.3, -0.25) is 18.7 Å². The van der Waals surface area contributed by atoms with E-state index < -0.39 is 60.5 Å². The zero-order chi connectivity index (χ0) is 19.7. The lowest BCUT2D eigenvalue weighted by Crippen LogP contribution is -2.44. The molecule has 1 saturated heterocycles. The van der Waals surface area contributed by atoms with Crippen molar-refractivity contribution in [3.63, 3.8) is 0 Å². The molecule has 27 heavy (non-hydrogen) atoms. The molecule has 2 heterocycles. The number of ether oxygens (including phenoxy) is 1. The maximum Gasteiger partial charge on any atom is 0.333 e. The molecule has 2 aromatic rings. The van der Waals surface area contributed by atoms with Gasteiger partial charge in [0.1, 0.15) is 24.1 Å². The number of aliphatic hydroxyl groups is 3. The number of ketones is 1. The van der Waals surface area contributed by atoms with Crippen LogP contribution in [0.5, 0.6) is 0 Å². The van der Waals surface area contributed by atoms with Crippen LogP contribution in [0.15, 0.2) is 46.1 Å². The van der Waals surface area contributed by atoms with Crippen molar-refractivity contribution in [2.24, 2.45) is 0 Å². The molecular weight excluding hydrogens is 363 g/mol. The van der Waals surface area contributed by atoms with Gasteiger partial charge >= 0.3 is 5.69 Å². The Hall–Kier alpha value is -2.66. The van der Waals surface area contributed by atoms with E-state index in [9.17, 15) is 29.0 Å². The molecule has 0 spiro atoms. The number of carbonyl (C=O) groups is 1. The molecule has 9 nitrogen and oxygen atoms in total. The molecule has 1 aliphatic heterocycles. The molecule has 1 aliphatic rings. The number of nitrogens with zero attached hydrogens (tertiary/aromatic N) is 2. The highest BCUT2D eigenvalue weighted by Crippen LogP contribution is 2.27. The fourth-order valence-corrected chi connectivity index (χ4v) is 2.85. The van der Waals surface area contributed by atoms with E-state index in [0.29, 0.717) is 4.57 Å². The molecule has 0 radical (unpaired) electrons. The number of Topliss-reactive ketones (excluding diaryl/α,β-unsaturated/α-hetero) is 1. The van der Waals surface area contributed by atoms with E-state index in [1.54, 1.807) is 0 Å². The molecule has 0 amide bonds. The van der Waals surface area contributed by atoms with E-state index >= 15 is 0 Å². The summed E-state index contributed by atoms with van der Waals surface area (Å²) in [7, 11) is 0. The third-order valence-electron chi connectivity index (χ3n) is 4.35. The van der Waals surface area contributed by atoms with E-state index in [0.717, 1.165) is 29.0 Å². The van der Waals surface area contributed by atoms with Crippen molar-refractivity contribution < 1.29 is 29.2 Å². The summed E-state index contributed by atoms with van der Waals surface area (Å²) in [5.74, 6) is -1.12. The van der Waals surface area contributed by atoms with Gasteiger partial charge in [0.15, 0.2) is 12.0 Å². The first-order valence-corrected chi connectivity index (χ1v) is 8.06. The minimum Gasteiger partial charge on any atom is -0.394 e. The van der Waals surface area contributed by atoms with Crippen molar-refractivity contribution in [1.29, 1.82) is 0 Å². The van der Waals surface area contributed by atoms with Gasteiger partial charge in [0.2, 0.25) is 0 Å². The van der Waals surface area contributed by atoms with Crippen LogP contribution in [0.25, 0.3) is 0 Å². The molecule has 144 valence electrons. The fourth-order valence-electron chi connectivity index (χ4n) is 2.85. The van der Waals surface area contributed by atoms with Gasteiger partial charge in [-0.15, -0.1) is 0 Å². The van der Waals surface area contributed by atoms with Gasteiger partial charge in [-0.25, -0.2) is 9.18 Å². The Labute approximate surface area is 151 Å². The second-order valence-electron chi connectivity index (χ2n) is 6.09. The second-order valence-corrected chi connectivity index (χ2v) is 6.09. The molecule has 3 rings (SSSR count). The highest BCUT2D eigenvalue weighted by atomic mass is 19.1. The largest absolute Gasteiger partial charge is 0.394 e. The Balaban J connectivity index is 1.93. The molecule has 0 saturated carbocycles. The van der Waals surface area contributed by atoms with Crippen LogP contribution >= 0.6 is 0 Å². The van der Waals surface area contributed by atoms with Crippen molar-refractivity contribution in [1.82, 2.24) is 9.13 Å². The number of halogens is 1. The van der Waals surface area contributed by atoms with Crippen LogP contribution in [-0.4, -0.2) is 55.2 Å². The first-order valence-electron chi connectivity index (χ1n) is 8.06. The van der Waals surface area contributed by atoms with Crippen LogP contribution in [0, 0.1) is 5.82 Å². The number of hydrogen-bond acceptors (Lipinski definition) is 7. The number of aliphatic hydroxyl groups excluding tert-OH is 3. The van der Waals surface area contributed by atoms with Crippen LogP contribution in [0.2, 0.25) is 0 Å². The molecule has 3 N–H and O–H groups in total. The molecular formula is C17H17FN2O7. The smallest absolute Gasteiger partial charge is 0.333 e. The fraction of sp³-hybridized carbons (Fsp3) is 0.353. The van der Waals surface area contributed by atoms with Crippen molar-refractivity contribution >= 4 is 5.78 Å². The zero-order valence-corrected chi connectivity index (χ0v) is 13.9. The number of carbonyl (C=O) groups excluding carboxylic acids is 1. The van der Waals surface area contributed by atoms with E-state index in [-0.39, 0.29) is 5.56 Å². The van der Waals surface area contributed by atoms with Gasteiger partial charge in [0.05, 0.1) is 13.2 Å². The Morgan fingerprint density at radius 2 is 1.78 bits per heavy atom. The van der Waals surface area contributed by atoms with Crippen molar-refractivity contribution in [2.45, 2.75) is 31.1 Å². The molecule has 1 aromatic heterocycles. The second kappa shape index (κ2) is 7.53. The summed E-state index contributed by atoms with van der Waals surface area (Å²) in [4.78, 5) is 37.0. The van der Waals surface area contributed by atoms with E-state index in [1.165, 1.54) is 12.1 Å². The third kappa shape index (κ3) is 3.60. The first kappa shape index (κ1) is 19.1. The standard InChI is InChI=1S/C17H17FN2O7/c18-10-3-1-9(2-4-10)11(22)7-20-13(23)5-6-19(17(20)26)16-15(25)14(24)12(8-21)27-16/h1-6,12,14-16,21,24-25H,7-8H2/t12-,14-,15-,16-/m1/s1. The lowest BCUT2D eigenvalue weighted by molar-refractivity contribution is -0.0555. The van der Waals surface area contributed by atoms with E-state index in [1.807, 2.05) is 0 Å². The summed E-state index contributed by atoms with van der Waals surface area (Å²) in [6.45, 7) is -1.18. The minimum atomic E-state index is -1.52. The van der Waals surface area contributed by atoms with Gasteiger partial charge in [-0.1, -0.05) is 0 Å². The third-order valence-corrected chi connectivity index (χ3v) is 4.35. The number of benzene rings is 1. The van der Waals surface area contributed by atoms with Gasteiger partial charge in [0.25, 0.3) is 5.56 Å². The lowest BCUT2D eigenvalue weighted by atomic mass is 10.1. The van der Waals surface area contributed by atoms with Crippen LogP contribution in [0.3, 0.4) is 0 Å². The predicted molar refractivity (Wildman–Crippen MR) is 88.7 cm³/mol. The number of rotatable bonds is 5. The highest BCUT2D eigenvalue weighted by molar-refractivity contribution is 5.95. The normalized spacial score (nSPS) is 24.9. The predicted octanol–water partition coefficient (Wildman–Crippen LogP) is -1.36. The molecule has 4 atom stereocenters. The van der Waals surface area contributed by atoms with Crippen molar-refractivity contribution in [3.8, 4) is 0 Å². The Morgan fingerprint density at radius 1 is 1.11 bits per heavy atom. The summed E-state index contributed by atoms with van der Waals surface area (Å²) >= 11 is 0. The van der Waals surface area contributed by atoms with Crippen molar-refractivity contribution in [2.75, 3.05) is 6.61 Å². The van der Waals surface area contributed by atoms with Gasteiger partial charge in [-0.2, -0.15) is 0 Å². The Bertz CT molecular complexity index is 953. The average molecular weight is 380 g/mol. The molecule has 0 aliphatic carbocycles.